The molecule has 1 aromatic heterocycles. The Bertz CT molecular complexity index is 933. The van der Waals surface area contributed by atoms with Crippen LogP contribution in [0.2, 0.25) is 0 Å². The lowest BCUT2D eigenvalue weighted by Crippen LogP contribution is -2.26. The first-order valence-corrected chi connectivity index (χ1v) is 9.44. The van der Waals surface area contributed by atoms with Gasteiger partial charge in [-0.25, -0.2) is 0 Å². The van der Waals surface area contributed by atoms with Crippen molar-refractivity contribution in [3.05, 3.63) is 81.1 Å². The van der Waals surface area contributed by atoms with E-state index in [0.29, 0.717) is 17.9 Å². The zero-order valence-electron chi connectivity index (χ0n) is 15.5. The topological polar surface area (TPSA) is 64.4 Å². The molecule has 0 aliphatic carbocycles. The van der Waals surface area contributed by atoms with Gasteiger partial charge >= 0.3 is 0 Å². The van der Waals surface area contributed by atoms with E-state index < -0.39 is 0 Å². The quantitative estimate of drug-likeness (QED) is 0.591. The molecule has 0 spiro atoms. The van der Waals surface area contributed by atoms with Gasteiger partial charge in [0.1, 0.15) is 18.1 Å². The number of halogens is 1. The van der Waals surface area contributed by atoms with Crippen molar-refractivity contribution in [2.45, 2.75) is 33.4 Å². The largest absolute Gasteiger partial charge is 0.489 e. The molecule has 3 aromatic rings. The van der Waals surface area contributed by atoms with Crippen LogP contribution in [-0.4, -0.2) is 11.1 Å². The fourth-order valence-electron chi connectivity index (χ4n) is 2.73. The van der Waals surface area contributed by atoms with Crippen LogP contribution >= 0.6 is 15.9 Å². The zero-order valence-corrected chi connectivity index (χ0v) is 17.0. The zero-order chi connectivity index (χ0) is 19.4. The van der Waals surface area contributed by atoms with Gasteiger partial charge in [-0.2, -0.15) is 0 Å². The summed E-state index contributed by atoms with van der Waals surface area (Å²) < 4.78 is 11.9. The van der Waals surface area contributed by atoms with Gasteiger partial charge in [-0.05, 0) is 56.7 Å². The smallest absolute Gasteiger partial charge is 0.251 e. The highest BCUT2D eigenvalue weighted by atomic mass is 79.9. The van der Waals surface area contributed by atoms with Gasteiger partial charge in [-0.15, -0.1) is 0 Å². The van der Waals surface area contributed by atoms with E-state index in [4.69, 9.17) is 9.26 Å². The first-order valence-electron chi connectivity index (χ1n) is 8.65. The number of nitrogens with zero attached hydrogens (tertiary/aromatic N) is 1. The Hall–Kier alpha value is -2.60. The monoisotopic (exact) mass is 428 g/mol. The number of carbonyl (C=O) groups excluding carboxylic acids is 1. The molecule has 0 bridgehead atoms. The lowest BCUT2D eigenvalue weighted by atomic mass is 10.1. The average Bonchev–Trinajstić information content (AvgIpc) is 2.98. The van der Waals surface area contributed by atoms with Crippen LogP contribution in [0.5, 0.6) is 5.75 Å². The van der Waals surface area contributed by atoms with Crippen molar-refractivity contribution in [3.8, 4) is 5.75 Å². The SMILES string of the molecule is Cc1noc(C)c1COc1cccc(C(=O)NC(C)c2cccc(Br)c2)c1. The highest BCUT2D eigenvalue weighted by Gasteiger charge is 2.13. The van der Waals surface area contributed by atoms with Crippen LogP contribution in [0.1, 0.15) is 45.9 Å². The summed E-state index contributed by atoms with van der Waals surface area (Å²) >= 11 is 3.45. The van der Waals surface area contributed by atoms with Crippen molar-refractivity contribution in [1.29, 1.82) is 0 Å². The Kier molecular flexibility index (Phi) is 5.96. The molecule has 0 aliphatic rings. The van der Waals surface area contributed by atoms with E-state index in [1.165, 1.54) is 0 Å². The van der Waals surface area contributed by atoms with Crippen LogP contribution in [0.4, 0.5) is 0 Å². The molecular formula is C21H21BrN2O3. The molecule has 0 saturated heterocycles. The number of benzene rings is 2. The van der Waals surface area contributed by atoms with Gasteiger partial charge in [0.2, 0.25) is 0 Å². The summed E-state index contributed by atoms with van der Waals surface area (Å²) in [7, 11) is 0. The number of aryl methyl sites for hydroxylation is 2. The molecule has 0 radical (unpaired) electrons. The third-order valence-corrected chi connectivity index (χ3v) is 4.85. The first kappa shape index (κ1) is 19.2. The molecule has 1 atom stereocenters. The predicted octanol–water partition coefficient (Wildman–Crippen LogP) is 5.12. The molecule has 6 heteroatoms. The van der Waals surface area contributed by atoms with E-state index in [1.54, 1.807) is 18.2 Å². The van der Waals surface area contributed by atoms with Crippen LogP contribution in [-0.2, 0) is 6.61 Å². The molecule has 3 rings (SSSR count). The van der Waals surface area contributed by atoms with Crippen LogP contribution in [0.3, 0.4) is 0 Å². The summed E-state index contributed by atoms with van der Waals surface area (Å²) in [5, 5.41) is 6.93. The number of hydrogen-bond acceptors (Lipinski definition) is 4. The molecule has 140 valence electrons. The Morgan fingerprint density at radius 3 is 2.70 bits per heavy atom. The normalized spacial score (nSPS) is 11.9. The lowest BCUT2D eigenvalue weighted by Gasteiger charge is -2.15. The van der Waals surface area contributed by atoms with Crippen LogP contribution in [0.15, 0.2) is 57.5 Å². The van der Waals surface area contributed by atoms with E-state index >= 15 is 0 Å². The molecule has 27 heavy (non-hydrogen) atoms. The van der Waals surface area contributed by atoms with Gasteiger partial charge in [0.25, 0.3) is 5.91 Å². The van der Waals surface area contributed by atoms with Gasteiger partial charge in [0, 0.05) is 10.0 Å². The van der Waals surface area contributed by atoms with Gasteiger partial charge in [0.05, 0.1) is 17.3 Å². The van der Waals surface area contributed by atoms with Crippen molar-refractivity contribution < 1.29 is 14.1 Å². The predicted molar refractivity (Wildman–Crippen MR) is 107 cm³/mol. The summed E-state index contributed by atoms with van der Waals surface area (Å²) in [4.78, 5) is 12.6. The number of ether oxygens (including phenoxy) is 1. The van der Waals surface area contributed by atoms with E-state index in [1.807, 2.05) is 51.1 Å². The minimum Gasteiger partial charge on any atom is -0.489 e. The van der Waals surface area contributed by atoms with E-state index in [-0.39, 0.29) is 11.9 Å². The standard InChI is InChI=1S/C21H21BrN2O3/c1-13(16-6-4-8-18(22)10-16)23-21(25)17-7-5-9-19(11-17)26-12-20-14(2)24-27-15(20)3/h4-11,13H,12H2,1-3H3,(H,23,25). The Balaban J connectivity index is 1.66. The van der Waals surface area contributed by atoms with Gasteiger partial charge in [0.15, 0.2) is 0 Å². The third-order valence-electron chi connectivity index (χ3n) is 4.36. The summed E-state index contributed by atoms with van der Waals surface area (Å²) in [5.74, 6) is 1.22. The van der Waals surface area contributed by atoms with Crippen molar-refractivity contribution in [2.24, 2.45) is 0 Å². The maximum absolute atomic E-state index is 12.6. The number of rotatable bonds is 6. The fraction of sp³-hybridized carbons (Fsp3) is 0.238. The second-order valence-electron chi connectivity index (χ2n) is 6.37. The Morgan fingerprint density at radius 1 is 1.22 bits per heavy atom. The number of aromatic nitrogens is 1. The second-order valence-corrected chi connectivity index (χ2v) is 7.29. The molecule has 1 N–H and O–H groups in total. The molecule has 1 heterocycles. The molecule has 0 fully saturated rings. The first-order chi connectivity index (χ1) is 12.9. The summed E-state index contributed by atoms with van der Waals surface area (Å²) in [6.07, 6.45) is 0. The number of carbonyl (C=O) groups is 1. The van der Waals surface area contributed by atoms with Crippen LogP contribution < -0.4 is 10.1 Å². The van der Waals surface area contributed by atoms with Crippen molar-refractivity contribution in [1.82, 2.24) is 10.5 Å². The van der Waals surface area contributed by atoms with E-state index in [9.17, 15) is 4.79 Å². The van der Waals surface area contributed by atoms with Crippen molar-refractivity contribution in [2.75, 3.05) is 0 Å². The number of nitrogens with one attached hydrogen (secondary N) is 1. The maximum Gasteiger partial charge on any atom is 0.251 e. The van der Waals surface area contributed by atoms with Gasteiger partial charge in [-0.1, -0.05) is 39.3 Å². The highest BCUT2D eigenvalue weighted by Crippen LogP contribution is 2.21. The van der Waals surface area contributed by atoms with Gasteiger partial charge in [-0.3, -0.25) is 4.79 Å². The van der Waals surface area contributed by atoms with E-state index in [2.05, 4.69) is 26.4 Å². The number of hydrogen-bond donors (Lipinski definition) is 1. The molecule has 1 unspecified atom stereocenters. The van der Waals surface area contributed by atoms with Gasteiger partial charge < -0.3 is 14.6 Å². The molecule has 1 amide bonds. The molecular weight excluding hydrogens is 408 g/mol. The highest BCUT2D eigenvalue weighted by molar-refractivity contribution is 9.10. The van der Waals surface area contributed by atoms with E-state index in [0.717, 1.165) is 27.1 Å². The van der Waals surface area contributed by atoms with Crippen LogP contribution in [0.25, 0.3) is 0 Å². The van der Waals surface area contributed by atoms with Crippen LogP contribution in [0, 0.1) is 13.8 Å². The summed E-state index contributed by atoms with van der Waals surface area (Å²) in [6, 6.07) is 14.9. The fourth-order valence-corrected chi connectivity index (χ4v) is 3.15. The van der Waals surface area contributed by atoms with Crippen molar-refractivity contribution in [3.63, 3.8) is 0 Å². The Labute approximate surface area is 166 Å². The molecule has 0 saturated carbocycles. The molecule has 5 nitrogen and oxygen atoms in total. The molecule has 2 aromatic carbocycles. The summed E-state index contributed by atoms with van der Waals surface area (Å²) in [5.41, 5.74) is 3.31. The number of amides is 1. The minimum atomic E-state index is -0.148. The minimum absolute atomic E-state index is 0.109. The average molecular weight is 429 g/mol. The summed E-state index contributed by atoms with van der Waals surface area (Å²) in [6.45, 7) is 6.03. The lowest BCUT2D eigenvalue weighted by molar-refractivity contribution is 0.0939. The maximum atomic E-state index is 12.6. The Morgan fingerprint density at radius 2 is 2.00 bits per heavy atom. The van der Waals surface area contributed by atoms with Crippen molar-refractivity contribution >= 4 is 21.8 Å². The molecule has 0 aliphatic heterocycles. The second kappa shape index (κ2) is 8.39. The third kappa shape index (κ3) is 4.77.